The van der Waals surface area contributed by atoms with E-state index in [-0.39, 0.29) is 12.0 Å². The van der Waals surface area contributed by atoms with Crippen molar-refractivity contribution < 1.29 is 14.3 Å². The van der Waals surface area contributed by atoms with Gasteiger partial charge in [0.2, 0.25) is 0 Å². The van der Waals surface area contributed by atoms with E-state index in [1.807, 2.05) is 19.1 Å². The van der Waals surface area contributed by atoms with Crippen LogP contribution >= 0.6 is 0 Å². The predicted molar refractivity (Wildman–Crippen MR) is 82.4 cm³/mol. The Morgan fingerprint density at radius 3 is 2.67 bits per heavy atom. The molecule has 21 heavy (non-hydrogen) atoms. The number of piperidine rings is 1. The molecule has 2 unspecified atom stereocenters. The van der Waals surface area contributed by atoms with Gasteiger partial charge in [0, 0.05) is 19.3 Å². The number of ether oxygens (including phenoxy) is 2. The van der Waals surface area contributed by atoms with Crippen molar-refractivity contribution in [2.45, 2.75) is 38.5 Å². The Bertz CT molecular complexity index is 489. The number of methoxy groups -OCH3 is 1. The van der Waals surface area contributed by atoms with E-state index >= 15 is 0 Å². The summed E-state index contributed by atoms with van der Waals surface area (Å²) < 4.78 is 10.7. The van der Waals surface area contributed by atoms with Crippen molar-refractivity contribution in [2.24, 2.45) is 5.73 Å². The fraction of sp³-hybridized carbons (Fsp3) is 0.562. The number of rotatable bonds is 4. The van der Waals surface area contributed by atoms with Crippen molar-refractivity contribution in [2.75, 3.05) is 25.2 Å². The molecule has 2 rings (SSSR count). The Labute approximate surface area is 126 Å². The third-order valence-corrected chi connectivity index (χ3v) is 4.22. The van der Waals surface area contributed by atoms with Crippen LogP contribution in [0.4, 0.5) is 5.69 Å². The lowest BCUT2D eigenvalue weighted by molar-refractivity contribution is -0.0309. The fourth-order valence-electron chi connectivity index (χ4n) is 2.80. The molecule has 0 saturated carbocycles. The second-order valence-corrected chi connectivity index (χ2v) is 5.43. The van der Waals surface area contributed by atoms with E-state index in [0.29, 0.717) is 12.2 Å². The first-order chi connectivity index (χ1) is 10.0. The van der Waals surface area contributed by atoms with Gasteiger partial charge in [-0.1, -0.05) is 0 Å². The molecule has 116 valence electrons. The van der Waals surface area contributed by atoms with Crippen molar-refractivity contribution in [3.63, 3.8) is 0 Å². The lowest BCUT2D eigenvalue weighted by Gasteiger charge is -2.48. The Hall–Kier alpha value is -1.59. The molecule has 5 heteroatoms. The first-order valence-electron chi connectivity index (χ1n) is 7.38. The van der Waals surface area contributed by atoms with Crippen molar-refractivity contribution in [3.8, 4) is 0 Å². The van der Waals surface area contributed by atoms with Crippen molar-refractivity contribution in [3.05, 3.63) is 29.8 Å². The van der Waals surface area contributed by atoms with Gasteiger partial charge in [-0.3, -0.25) is 0 Å². The van der Waals surface area contributed by atoms with Crippen LogP contribution in [0.2, 0.25) is 0 Å². The average Bonchev–Trinajstić information content (AvgIpc) is 2.50. The van der Waals surface area contributed by atoms with Crippen molar-refractivity contribution in [1.82, 2.24) is 0 Å². The van der Waals surface area contributed by atoms with Gasteiger partial charge in [-0.2, -0.15) is 0 Å². The standard InChI is InChI=1S/C16H24N2O3/c1-4-21-15(19)12-7-9-13(10-8-12)18-11-5-6-14(17)16(18,2)20-3/h7-10,14H,4-6,11,17H2,1-3H3. The summed E-state index contributed by atoms with van der Waals surface area (Å²) in [6.45, 7) is 5.07. The second kappa shape index (κ2) is 6.45. The number of nitrogens with two attached hydrogens (primary N) is 1. The quantitative estimate of drug-likeness (QED) is 0.861. The molecule has 1 heterocycles. The van der Waals surface area contributed by atoms with Crippen LogP contribution in [0.1, 0.15) is 37.0 Å². The highest BCUT2D eigenvalue weighted by atomic mass is 16.5. The van der Waals surface area contributed by atoms with Crippen LogP contribution < -0.4 is 10.6 Å². The number of carbonyl (C=O) groups is 1. The van der Waals surface area contributed by atoms with Crippen LogP contribution in [-0.4, -0.2) is 38.0 Å². The third kappa shape index (κ3) is 3.04. The lowest BCUT2D eigenvalue weighted by atomic mass is 9.93. The SMILES string of the molecule is CCOC(=O)c1ccc(N2CCCC(N)C2(C)OC)cc1. The zero-order valence-electron chi connectivity index (χ0n) is 13.0. The molecule has 1 aliphatic heterocycles. The molecular weight excluding hydrogens is 268 g/mol. The van der Waals surface area contributed by atoms with Gasteiger partial charge in [-0.25, -0.2) is 4.79 Å². The first-order valence-corrected chi connectivity index (χ1v) is 7.38. The highest BCUT2D eigenvalue weighted by Gasteiger charge is 2.41. The molecule has 1 aliphatic rings. The number of anilines is 1. The summed E-state index contributed by atoms with van der Waals surface area (Å²) in [5.41, 5.74) is 7.26. The molecule has 0 amide bonds. The highest BCUT2D eigenvalue weighted by Crippen LogP contribution is 2.32. The van der Waals surface area contributed by atoms with Crippen LogP contribution in [0.15, 0.2) is 24.3 Å². The maximum absolute atomic E-state index is 11.7. The first kappa shape index (κ1) is 15.8. The Morgan fingerprint density at radius 1 is 1.43 bits per heavy atom. The molecule has 1 aromatic carbocycles. The van der Waals surface area contributed by atoms with E-state index in [1.54, 1.807) is 26.2 Å². The zero-order valence-corrected chi connectivity index (χ0v) is 13.0. The van der Waals surface area contributed by atoms with Gasteiger partial charge in [0.1, 0.15) is 0 Å². The number of benzene rings is 1. The van der Waals surface area contributed by atoms with Gasteiger partial charge in [0.05, 0.1) is 18.2 Å². The van der Waals surface area contributed by atoms with Crippen molar-refractivity contribution >= 4 is 11.7 Å². The van der Waals surface area contributed by atoms with Crippen LogP contribution in [0, 0.1) is 0 Å². The molecule has 1 fully saturated rings. The van der Waals surface area contributed by atoms with E-state index in [2.05, 4.69) is 4.90 Å². The molecule has 0 bridgehead atoms. The smallest absolute Gasteiger partial charge is 0.338 e. The topological polar surface area (TPSA) is 64.8 Å². The Morgan fingerprint density at radius 2 is 2.10 bits per heavy atom. The molecule has 2 atom stereocenters. The van der Waals surface area contributed by atoms with E-state index in [4.69, 9.17) is 15.2 Å². The van der Waals surface area contributed by atoms with Crippen molar-refractivity contribution in [1.29, 1.82) is 0 Å². The highest BCUT2D eigenvalue weighted by molar-refractivity contribution is 5.89. The molecule has 5 nitrogen and oxygen atoms in total. The molecule has 0 spiro atoms. The van der Waals surface area contributed by atoms with Gasteiger partial charge >= 0.3 is 5.97 Å². The molecule has 1 saturated heterocycles. The van der Waals surface area contributed by atoms with E-state index in [1.165, 1.54) is 0 Å². The number of hydrogen-bond donors (Lipinski definition) is 1. The normalized spacial score (nSPS) is 25.7. The van der Waals surface area contributed by atoms with E-state index < -0.39 is 5.72 Å². The molecule has 0 aliphatic carbocycles. The minimum Gasteiger partial charge on any atom is -0.462 e. The van der Waals surface area contributed by atoms with E-state index in [9.17, 15) is 4.79 Å². The molecular formula is C16H24N2O3. The third-order valence-electron chi connectivity index (χ3n) is 4.22. The Kier molecular flexibility index (Phi) is 4.85. The van der Waals surface area contributed by atoms with Gasteiger partial charge in [-0.15, -0.1) is 0 Å². The Balaban J connectivity index is 2.23. The van der Waals surface area contributed by atoms with Gasteiger partial charge < -0.3 is 20.1 Å². The maximum Gasteiger partial charge on any atom is 0.338 e. The lowest BCUT2D eigenvalue weighted by Crippen LogP contribution is -2.62. The summed E-state index contributed by atoms with van der Waals surface area (Å²) in [5.74, 6) is -0.297. The molecule has 0 radical (unpaired) electrons. The number of hydrogen-bond acceptors (Lipinski definition) is 5. The molecule has 0 aromatic heterocycles. The summed E-state index contributed by atoms with van der Waals surface area (Å²) in [4.78, 5) is 13.9. The fourth-order valence-corrected chi connectivity index (χ4v) is 2.80. The monoisotopic (exact) mass is 292 g/mol. The van der Waals surface area contributed by atoms with Crippen LogP contribution in [0.5, 0.6) is 0 Å². The summed E-state index contributed by atoms with van der Waals surface area (Å²) in [5, 5.41) is 0. The molecule has 1 aromatic rings. The number of esters is 1. The summed E-state index contributed by atoms with van der Waals surface area (Å²) >= 11 is 0. The molecule has 2 N–H and O–H groups in total. The van der Waals surface area contributed by atoms with Gasteiger partial charge in [-0.05, 0) is 51.0 Å². The minimum atomic E-state index is -0.524. The summed E-state index contributed by atoms with van der Waals surface area (Å²) in [6, 6.07) is 7.36. The summed E-state index contributed by atoms with van der Waals surface area (Å²) in [7, 11) is 1.69. The second-order valence-electron chi connectivity index (χ2n) is 5.43. The number of carbonyl (C=O) groups excluding carboxylic acids is 1. The largest absolute Gasteiger partial charge is 0.462 e. The van der Waals surface area contributed by atoms with Crippen LogP contribution in [-0.2, 0) is 9.47 Å². The van der Waals surface area contributed by atoms with Gasteiger partial charge in [0.25, 0.3) is 0 Å². The van der Waals surface area contributed by atoms with Crippen LogP contribution in [0.3, 0.4) is 0 Å². The zero-order chi connectivity index (χ0) is 15.5. The predicted octanol–water partition coefficient (Wildman–Crippen LogP) is 2.15. The minimum absolute atomic E-state index is 0.0408. The summed E-state index contributed by atoms with van der Waals surface area (Å²) in [6.07, 6.45) is 1.97. The van der Waals surface area contributed by atoms with E-state index in [0.717, 1.165) is 25.1 Å². The van der Waals surface area contributed by atoms with Gasteiger partial charge in [0.15, 0.2) is 5.72 Å². The average molecular weight is 292 g/mol. The maximum atomic E-state index is 11.7. The van der Waals surface area contributed by atoms with Crippen LogP contribution in [0.25, 0.3) is 0 Å². The number of nitrogens with zero attached hydrogens (tertiary/aromatic N) is 1.